The van der Waals surface area contributed by atoms with Gasteiger partial charge in [-0.1, -0.05) is 25.5 Å². The number of carboxylic acids is 1. The molecule has 3 N–H and O–H groups in total. The van der Waals surface area contributed by atoms with E-state index in [1.807, 2.05) is 24.3 Å². The molecule has 0 spiro atoms. The van der Waals surface area contributed by atoms with E-state index in [4.69, 9.17) is 5.11 Å². The Labute approximate surface area is 131 Å². The summed E-state index contributed by atoms with van der Waals surface area (Å²) in [5.41, 5.74) is 1.94. The number of carbonyl (C=O) groups excluding carboxylic acids is 1. The van der Waals surface area contributed by atoms with Gasteiger partial charge in [0.25, 0.3) is 0 Å². The molecular weight excluding hydrogens is 280 g/mol. The number of carboxylic acid groups (broad SMARTS) is 1. The third kappa shape index (κ3) is 4.56. The van der Waals surface area contributed by atoms with Crippen LogP contribution in [0.15, 0.2) is 24.3 Å². The van der Waals surface area contributed by atoms with Crippen molar-refractivity contribution < 1.29 is 14.7 Å². The molecule has 0 saturated heterocycles. The summed E-state index contributed by atoms with van der Waals surface area (Å²) in [5, 5.41) is 15.2. The summed E-state index contributed by atoms with van der Waals surface area (Å²) in [6.45, 7) is 3.79. The molecule has 1 fully saturated rings. The largest absolute Gasteiger partial charge is 0.481 e. The molecule has 2 atom stereocenters. The van der Waals surface area contributed by atoms with Crippen molar-refractivity contribution >= 4 is 17.6 Å². The Morgan fingerprint density at radius 2 is 1.86 bits per heavy atom. The first-order valence-corrected chi connectivity index (χ1v) is 7.93. The van der Waals surface area contributed by atoms with Gasteiger partial charge in [-0.2, -0.15) is 0 Å². The molecule has 0 heterocycles. The molecule has 2 rings (SSSR count). The molecular formula is C17H24N2O3. The van der Waals surface area contributed by atoms with Gasteiger partial charge in [0.15, 0.2) is 0 Å². The fraction of sp³-hybridized carbons (Fsp3) is 0.529. The number of amides is 1. The molecule has 5 nitrogen and oxygen atoms in total. The predicted octanol–water partition coefficient (Wildman–Crippen LogP) is 2.63. The zero-order valence-corrected chi connectivity index (χ0v) is 13.0. The number of anilines is 1. The normalized spacial score (nSPS) is 21.3. The third-order valence-electron chi connectivity index (χ3n) is 4.19. The van der Waals surface area contributed by atoms with Crippen molar-refractivity contribution in [3.8, 4) is 0 Å². The van der Waals surface area contributed by atoms with Crippen molar-refractivity contribution in [2.75, 3.05) is 11.9 Å². The van der Waals surface area contributed by atoms with Gasteiger partial charge < -0.3 is 15.7 Å². The molecule has 0 aliphatic heterocycles. The Balaban J connectivity index is 1.89. The van der Waals surface area contributed by atoms with Crippen LogP contribution < -0.4 is 10.6 Å². The number of nitrogens with one attached hydrogen (secondary N) is 2. The second-order valence-electron chi connectivity index (χ2n) is 5.87. The van der Waals surface area contributed by atoms with Gasteiger partial charge in [-0.15, -0.1) is 0 Å². The van der Waals surface area contributed by atoms with Gasteiger partial charge in [-0.25, -0.2) is 0 Å². The van der Waals surface area contributed by atoms with Crippen LogP contribution in [0.5, 0.6) is 0 Å². The first-order chi connectivity index (χ1) is 10.6. The summed E-state index contributed by atoms with van der Waals surface area (Å²) in [7, 11) is 0. The lowest BCUT2D eigenvalue weighted by molar-refractivity contribution is -0.143. The smallest absolute Gasteiger partial charge is 0.306 e. The monoisotopic (exact) mass is 304 g/mol. The lowest BCUT2D eigenvalue weighted by atomic mass is 9.81. The van der Waals surface area contributed by atoms with Gasteiger partial charge in [0.05, 0.1) is 5.92 Å². The van der Waals surface area contributed by atoms with E-state index >= 15 is 0 Å². The summed E-state index contributed by atoms with van der Waals surface area (Å²) in [4.78, 5) is 23.3. The number of aliphatic carboxylic acids is 1. The minimum Gasteiger partial charge on any atom is -0.481 e. The topological polar surface area (TPSA) is 78.4 Å². The van der Waals surface area contributed by atoms with Crippen LogP contribution in [0, 0.1) is 11.8 Å². The maximum Gasteiger partial charge on any atom is 0.306 e. The van der Waals surface area contributed by atoms with E-state index in [-0.39, 0.29) is 17.7 Å². The molecule has 1 amide bonds. The predicted molar refractivity (Wildman–Crippen MR) is 85.5 cm³/mol. The minimum absolute atomic E-state index is 0.0645. The zero-order chi connectivity index (χ0) is 15.9. The van der Waals surface area contributed by atoms with Crippen molar-refractivity contribution in [2.24, 2.45) is 11.8 Å². The maximum absolute atomic E-state index is 12.3. The van der Waals surface area contributed by atoms with Crippen LogP contribution in [0.25, 0.3) is 0 Å². The minimum atomic E-state index is -0.787. The van der Waals surface area contributed by atoms with Crippen LogP contribution in [0.1, 0.15) is 38.2 Å². The van der Waals surface area contributed by atoms with Crippen LogP contribution in [-0.2, 0) is 16.1 Å². The molecule has 0 bridgehead atoms. The average molecular weight is 304 g/mol. The Bertz CT molecular complexity index is 513. The van der Waals surface area contributed by atoms with Crippen LogP contribution in [0.3, 0.4) is 0 Å². The first kappa shape index (κ1) is 16.5. The number of rotatable bonds is 6. The lowest BCUT2D eigenvalue weighted by Gasteiger charge is -2.25. The van der Waals surface area contributed by atoms with Gasteiger partial charge in [0.2, 0.25) is 5.91 Å². The van der Waals surface area contributed by atoms with Crippen LogP contribution in [0.4, 0.5) is 5.69 Å². The van der Waals surface area contributed by atoms with E-state index in [9.17, 15) is 9.59 Å². The van der Waals surface area contributed by atoms with Crippen molar-refractivity contribution in [3.05, 3.63) is 29.8 Å². The first-order valence-electron chi connectivity index (χ1n) is 7.93. The number of carbonyl (C=O) groups is 2. The summed E-state index contributed by atoms with van der Waals surface area (Å²) >= 11 is 0. The van der Waals surface area contributed by atoms with Crippen LogP contribution >= 0.6 is 0 Å². The Morgan fingerprint density at radius 3 is 2.50 bits per heavy atom. The third-order valence-corrected chi connectivity index (χ3v) is 4.19. The fourth-order valence-electron chi connectivity index (χ4n) is 2.87. The molecule has 22 heavy (non-hydrogen) atoms. The fourth-order valence-corrected chi connectivity index (χ4v) is 2.87. The molecule has 0 unspecified atom stereocenters. The molecule has 0 aromatic heterocycles. The van der Waals surface area contributed by atoms with Gasteiger partial charge in [-0.05, 0) is 43.5 Å². The molecule has 1 saturated carbocycles. The van der Waals surface area contributed by atoms with Crippen molar-refractivity contribution in [2.45, 2.75) is 39.2 Å². The molecule has 1 aliphatic carbocycles. The van der Waals surface area contributed by atoms with E-state index in [1.165, 1.54) is 5.56 Å². The molecule has 1 aliphatic rings. The highest BCUT2D eigenvalue weighted by Gasteiger charge is 2.30. The molecule has 0 radical (unpaired) electrons. The number of hydrogen-bond acceptors (Lipinski definition) is 3. The molecule has 5 heteroatoms. The van der Waals surface area contributed by atoms with E-state index in [0.29, 0.717) is 12.8 Å². The van der Waals surface area contributed by atoms with E-state index in [1.54, 1.807) is 0 Å². The van der Waals surface area contributed by atoms with Gasteiger partial charge in [0, 0.05) is 18.2 Å². The zero-order valence-electron chi connectivity index (χ0n) is 13.0. The van der Waals surface area contributed by atoms with E-state index in [0.717, 1.165) is 31.6 Å². The van der Waals surface area contributed by atoms with Crippen molar-refractivity contribution in [1.29, 1.82) is 0 Å². The Morgan fingerprint density at radius 1 is 1.18 bits per heavy atom. The van der Waals surface area contributed by atoms with E-state index in [2.05, 4.69) is 17.6 Å². The quantitative estimate of drug-likeness (QED) is 0.755. The number of hydrogen-bond donors (Lipinski definition) is 3. The van der Waals surface area contributed by atoms with E-state index < -0.39 is 5.97 Å². The highest BCUT2D eigenvalue weighted by atomic mass is 16.4. The Hall–Kier alpha value is -1.88. The van der Waals surface area contributed by atoms with Gasteiger partial charge in [0.1, 0.15) is 0 Å². The molecule has 1 aromatic carbocycles. The van der Waals surface area contributed by atoms with Crippen molar-refractivity contribution in [1.82, 2.24) is 5.32 Å². The highest BCUT2D eigenvalue weighted by molar-refractivity contribution is 5.93. The highest BCUT2D eigenvalue weighted by Crippen LogP contribution is 2.30. The summed E-state index contributed by atoms with van der Waals surface area (Å²) in [6.07, 6.45) is 2.70. The average Bonchev–Trinajstić information content (AvgIpc) is 2.54. The summed E-state index contributed by atoms with van der Waals surface area (Å²) in [6, 6.07) is 7.75. The number of benzene rings is 1. The maximum atomic E-state index is 12.3. The summed E-state index contributed by atoms with van der Waals surface area (Å²) in [5.74, 6) is -1.43. The standard InChI is InChI=1S/C17H24N2O3/c1-2-18-11-12-6-8-15(9-7-12)19-16(20)13-4-3-5-14(10-13)17(21)22/h6-9,13-14,18H,2-5,10-11H2,1H3,(H,19,20)(H,21,22)/t13-,14+/m1/s1. The Kier molecular flexibility index (Phi) is 5.95. The molecule has 120 valence electrons. The van der Waals surface area contributed by atoms with Gasteiger partial charge in [-0.3, -0.25) is 9.59 Å². The second kappa shape index (κ2) is 7.94. The molecule has 1 aromatic rings. The second-order valence-corrected chi connectivity index (χ2v) is 5.87. The van der Waals surface area contributed by atoms with Gasteiger partial charge >= 0.3 is 5.97 Å². The van der Waals surface area contributed by atoms with Crippen LogP contribution in [-0.4, -0.2) is 23.5 Å². The SMILES string of the molecule is CCNCc1ccc(NC(=O)[C@@H]2CCC[C@H](C(=O)O)C2)cc1. The van der Waals surface area contributed by atoms with Crippen LogP contribution in [0.2, 0.25) is 0 Å². The van der Waals surface area contributed by atoms with Crippen molar-refractivity contribution in [3.63, 3.8) is 0 Å². The summed E-state index contributed by atoms with van der Waals surface area (Å²) < 4.78 is 0. The lowest BCUT2D eigenvalue weighted by Crippen LogP contribution is -2.30.